The first-order chi connectivity index (χ1) is 14.2. The fourth-order valence-corrected chi connectivity index (χ4v) is 3.73. The van der Waals surface area contributed by atoms with Gasteiger partial charge in [-0.25, -0.2) is 9.98 Å². The number of alkyl halides is 3. The minimum Gasteiger partial charge on any atom is -0.352 e. The van der Waals surface area contributed by atoms with E-state index in [9.17, 15) is 18.0 Å². The summed E-state index contributed by atoms with van der Waals surface area (Å²) >= 11 is 0.887. The number of amidine groups is 1. The second-order valence-electron chi connectivity index (χ2n) is 6.46. The number of nitrogens with zero attached hydrogens (tertiary/aromatic N) is 2. The Kier molecular flexibility index (Phi) is 4.86. The average molecular weight is 429 g/mol. The van der Waals surface area contributed by atoms with E-state index in [1.54, 1.807) is 37.3 Å². The standard InChI is InChI=1S/C20H14F3N5OS/c1-10-16(26-13-5-3-2-4-12(13)17(10)29)18(24)28-15-7-6-11(8-25-15)19-27-14(9-30-19)20(21,22)23/h2-9H,1H3,(H,26,29)(H2,24,25,28). The molecule has 4 aromatic rings. The van der Waals surface area contributed by atoms with Crippen LogP contribution in [-0.4, -0.2) is 20.8 Å². The first-order valence-corrected chi connectivity index (χ1v) is 9.59. The number of H-pyrrole nitrogens is 2. The highest BCUT2D eigenvalue weighted by atomic mass is 32.1. The van der Waals surface area contributed by atoms with Gasteiger partial charge in [-0.15, -0.1) is 11.3 Å². The first kappa shape index (κ1) is 19.8. The van der Waals surface area contributed by atoms with Gasteiger partial charge in [0.2, 0.25) is 0 Å². The lowest BCUT2D eigenvalue weighted by molar-refractivity contribution is -0.140. The molecule has 1 aromatic carbocycles. The molecule has 0 spiro atoms. The summed E-state index contributed by atoms with van der Waals surface area (Å²) in [6, 6.07) is 10.1. The summed E-state index contributed by atoms with van der Waals surface area (Å²) in [4.78, 5) is 26.2. The van der Waals surface area contributed by atoms with Crippen LogP contribution in [0.1, 0.15) is 17.0 Å². The van der Waals surface area contributed by atoms with Crippen LogP contribution in [0, 0.1) is 12.3 Å². The SMILES string of the molecule is Cc1c(C(=N)/N=c2/ccc(-c3nc(C(F)(F)F)cs3)c[nH]2)[nH]c2ccccc2c1=O. The highest BCUT2D eigenvalue weighted by Gasteiger charge is 2.33. The van der Waals surface area contributed by atoms with Gasteiger partial charge in [0.05, 0.1) is 5.69 Å². The third-order valence-electron chi connectivity index (χ3n) is 4.45. The van der Waals surface area contributed by atoms with Crippen LogP contribution in [0.2, 0.25) is 0 Å². The van der Waals surface area contributed by atoms with E-state index in [0.717, 1.165) is 16.7 Å². The molecule has 30 heavy (non-hydrogen) atoms. The van der Waals surface area contributed by atoms with Crippen molar-refractivity contribution in [1.82, 2.24) is 15.0 Å². The summed E-state index contributed by atoms with van der Waals surface area (Å²) in [6.45, 7) is 1.62. The van der Waals surface area contributed by atoms with E-state index in [4.69, 9.17) is 5.41 Å². The summed E-state index contributed by atoms with van der Waals surface area (Å²) < 4.78 is 38.2. The van der Waals surface area contributed by atoms with Gasteiger partial charge in [-0.2, -0.15) is 13.2 Å². The molecule has 0 radical (unpaired) electrons. The van der Waals surface area contributed by atoms with Crippen LogP contribution in [0.25, 0.3) is 21.5 Å². The monoisotopic (exact) mass is 429 g/mol. The van der Waals surface area contributed by atoms with Crippen molar-refractivity contribution < 1.29 is 13.2 Å². The second-order valence-corrected chi connectivity index (χ2v) is 7.32. The Morgan fingerprint density at radius 3 is 2.63 bits per heavy atom. The Hall–Kier alpha value is -3.53. The third-order valence-corrected chi connectivity index (χ3v) is 5.35. The molecule has 4 rings (SSSR count). The number of fused-ring (bicyclic) bond motifs is 1. The number of nitrogens with one attached hydrogen (secondary N) is 3. The van der Waals surface area contributed by atoms with Gasteiger partial charge in [0.15, 0.2) is 17.0 Å². The van der Waals surface area contributed by atoms with Gasteiger partial charge >= 0.3 is 6.18 Å². The van der Waals surface area contributed by atoms with Crippen LogP contribution in [-0.2, 0) is 6.18 Å². The zero-order valence-corrected chi connectivity index (χ0v) is 16.3. The number of para-hydroxylation sites is 1. The van der Waals surface area contributed by atoms with E-state index >= 15 is 0 Å². The van der Waals surface area contributed by atoms with Crippen LogP contribution in [0.5, 0.6) is 0 Å². The van der Waals surface area contributed by atoms with Gasteiger partial charge < -0.3 is 9.97 Å². The Morgan fingerprint density at radius 2 is 1.97 bits per heavy atom. The normalized spacial score (nSPS) is 12.5. The van der Waals surface area contributed by atoms with Gasteiger partial charge in [-0.05, 0) is 31.2 Å². The molecule has 3 aromatic heterocycles. The van der Waals surface area contributed by atoms with E-state index in [1.165, 1.54) is 12.3 Å². The minimum atomic E-state index is -4.49. The van der Waals surface area contributed by atoms with Crippen molar-refractivity contribution in [3.63, 3.8) is 0 Å². The Morgan fingerprint density at radius 1 is 1.20 bits per heavy atom. The minimum absolute atomic E-state index is 0.145. The number of halogens is 3. The molecule has 0 atom stereocenters. The van der Waals surface area contributed by atoms with Crippen molar-refractivity contribution in [1.29, 1.82) is 5.41 Å². The van der Waals surface area contributed by atoms with E-state index in [0.29, 0.717) is 33.2 Å². The maximum Gasteiger partial charge on any atom is 0.434 e. The third kappa shape index (κ3) is 3.69. The van der Waals surface area contributed by atoms with Crippen molar-refractivity contribution in [2.24, 2.45) is 4.99 Å². The summed E-state index contributed by atoms with van der Waals surface area (Å²) in [6.07, 6.45) is -3.02. The first-order valence-electron chi connectivity index (χ1n) is 8.71. The molecule has 0 saturated heterocycles. The molecular weight excluding hydrogens is 415 g/mol. The molecule has 0 aliphatic rings. The molecule has 10 heteroatoms. The summed E-state index contributed by atoms with van der Waals surface area (Å²) in [5.74, 6) is -0.145. The number of hydrogen-bond donors (Lipinski definition) is 3. The average Bonchev–Trinajstić information content (AvgIpc) is 3.22. The van der Waals surface area contributed by atoms with Crippen molar-refractivity contribution in [3.05, 3.63) is 80.6 Å². The molecule has 0 fully saturated rings. The van der Waals surface area contributed by atoms with E-state index in [-0.39, 0.29) is 16.3 Å². The van der Waals surface area contributed by atoms with Crippen LogP contribution in [0.15, 0.2) is 57.8 Å². The van der Waals surface area contributed by atoms with Gasteiger partial charge in [0, 0.05) is 33.6 Å². The molecular formula is C20H14F3N5OS. The van der Waals surface area contributed by atoms with E-state index in [1.807, 2.05) is 0 Å². The number of hydrogen-bond acceptors (Lipinski definition) is 4. The molecule has 152 valence electrons. The lowest BCUT2D eigenvalue weighted by Crippen LogP contribution is -2.17. The molecule has 3 N–H and O–H groups in total. The van der Waals surface area contributed by atoms with Crippen molar-refractivity contribution in [3.8, 4) is 10.6 Å². The molecule has 0 aliphatic heterocycles. The number of rotatable bonds is 2. The van der Waals surface area contributed by atoms with Gasteiger partial charge in [-0.1, -0.05) is 12.1 Å². The highest BCUT2D eigenvalue weighted by Crippen LogP contribution is 2.33. The Balaban J connectivity index is 1.67. The van der Waals surface area contributed by atoms with Crippen LogP contribution in [0.4, 0.5) is 13.2 Å². The maximum atomic E-state index is 12.7. The number of pyridine rings is 2. The molecule has 0 bridgehead atoms. The maximum absolute atomic E-state index is 12.7. The highest BCUT2D eigenvalue weighted by molar-refractivity contribution is 7.13. The molecule has 0 unspecified atom stereocenters. The summed E-state index contributed by atoms with van der Waals surface area (Å²) in [5.41, 5.74) is 0.941. The van der Waals surface area contributed by atoms with Crippen molar-refractivity contribution in [2.75, 3.05) is 0 Å². The van der Waals surface area contributed by atoms with Crippen molar-refractivity contribution >= 4 is 28.1 Å². The molecule has 0 saturated carbocycles. The van der Waals surface area contributed by atoms with Crippen molar-refractivity contribution in [2.45, 2.75) is 13.1 Å². The number of aromatic nitrogens is 3. The van der Waals surface area contributed by atoms with Gasteiger partial charge in [-0.3, -0.25) is 10.2 Å². The second kappa shape index (κ2) is 7.38. The fraction of sp³-hybridized carbons (Fsp3) is 0.100. The molecule has 0 aliphatic carbocycles. The van der Waals surface area contributed by atoms with Crippen LogP contribution < -0.4 is 10.9 Å². The number of benzene rings is 1. The van der Waals surface area contributed by atoms with E-state index < -0.39 is 11.9 Å². The van der Waals surface area contributed by atoms with E-state index in [2.05, 4.69) is 19.9 Å². The smallest absolute Gasteiger partial charge is 0.352 e. The predicted molar refractivity (Wildman–Crippen MR) is 109 cm³/mol. The molecule has 0 amide bonds. The summed E-state index contributed by atoms with van der Waals surface area (Å²) in [5, 5.41) is 9.99. The number of aromatic amines is 2. The van der Waals surface area contributed by atoms with Gasteiger partial charge in [0.25, 0.3) is 0 Å². The van der Waals surface area contributed by atoms with Crippen LogP contribution in [0.3, 0.4) is 0 Å². The molecule has 3 heterocycles. The summed E-state index contributed by atoms with van der Waals surface area (Å²) in [7, 11) is 0. The lowest BCUT2D eigenvalue weighted by Gasteiger charge is -2.06. The Labute approximate surface area is 171 Å². The quantitative estimate of drug-likeness (QED) is 0.328. The largest absolute Gasteiger partial charge is 0.434 e. The fourth-order valence-electron chi connectivity index (χ4n) is 2.90. The Bertz CT molecular complexity index is 1380. The topological polar surface area (TPSA) is 97.8 Å². The lowest BCUT2D eigenvalue weighted by atomic mass is 10.1. The number of thiazole rings is 1. The zero-order chi connectivity index (χ0) is 21.5. The van der Waals surface area contributed by atoms with Crippen LogP contribution >= 0.6 is 11.3 Å². The zero-order valence-electron chi connectivity index (χ0n) is 15.5. The predicted octanol–water partition coefficient (Wildman–Crippen LogP) is 4.23. The van der Waals surface area contributed by atoms with Gasteiger partial charge in [0.1, 0.15) is 10.5 Å². The molecule has 6 nitrogen and oxygen atoms in total.